The topological polar surface area (TPSA) is 105 Å². The van der Waals surface area contributed by atoms with Gasteiger partial charge in [0.2, 0.25) is 6.54 Å². The lowest BCUT2D eigenvalue weighted by Crippen LogP contribution is -2.35. The van der Waals surface area contributed by atoms with Crippen molar-refractivity contribution in [1.29, 1.82) is 0 Å². The van der Waals surface area contributed by atoms with Gasteiger partial charge in [0.25, 0.3) is 0 Å². The lowest BCUT2D eigenvalue weighted by molar-refractivity contribution is -0.484. The summed E-state index contributed by atoms with van der Waals surface area (Å²) in [5.74, 6) is -3.38. The first-order valence-corrected chi connectivity index (χ1v) is 7.01. The molecule has 0 amide bonds. The van der Waals surface area contributed by atoms with E-state index in [0.717, 1.165) is 19.8 Å². The van der Waals surface area contributed by atoms with Crippen LogP contribution in [-0.4, -0.2) is 44.2 Å². The molecule has 23 heavy (non-hydrogen) atoms. The maximum Gasteiger partial charge on any atom is 0.320 e. The van der Waals surface area contributed by atoms with E-state index in [2.05, 4.69) is 9.47 Å². The summed E-state index contributed by atoms with van der Waals surface area (Å²) in [5.41, 5.74) is 1.40. The number of ether oxygens (including phenoxy) is 3. The van der Waals surface area contributed by atoms with E-state index in [1.54, 1.807) is 18.2 Å². The fourth-order valence-corrected chi connectivity index (χ4v) is 2.68. The Morgan fingerprint density at radius 2 is 1.96 bits per heavy atom. The summed E-state index contributed by atoms with van der Waals surface area (Å²) in [4.78, 5) is 34.4. The van der Waals surface area contributed by atoms with Gasteiger partial charge in [0, 0.05) is 11.3 Å². The lowest BCUT2D eigenvalue weighted by atomic mass is 9.85. The van der Waals surface area contributed by atoms with E-state index in [-0.39, 0.29) is 0 Å². The maximum absolute atomic E-state index is 12.0. The van der Waals surface area contributed by atoms with Crippen molar-refractivity contribution in [2.45, 2.75) is 12.3 Å². The Morgan fingerprint density at radius 3 is 2.52 bits per heavy atom. The lowest BCUT2D eigenvalue weighted by Gasteiger charge is -2.21. The summed E-state index contributed by atoms with van der Waals surface area (Å²) in [6, 6.07) is 5.04. The number of hydrogen-bond donors (Lipinski definition) is 0. The van der Waals surface area contributed by atoms with Crippen LogP contribution in [-0.2, 0) is 25.5 Å². The van der Waals surface area contributed by atoms with Crippen LogP contribution in [0.15, 0.2) is 18.2 Å². The molecule has 0 bridgehead atoms. The number of esters is 2. The third-order valence-electron chi connectivity index (χ3n) is 3.80. The molecule has 1 heterocycles. The second-order valence-electron chi connectivity index (χ2n) is 5.11. The van der Waals surface area contributed by atoms with Gasteiger partial charge in [0.1, 0.15) is 5.75 Å². The molecule has 124 valence electrons. The van der Waals surface area contributed by atoms with Crippen LogP contribution in [0, 0.1) is 16.0 Å². The van der Waals surface area contributed by atoms with Gasteiger partial charge in [-0.3, -0.25) is 19.7 Å². The standard InChI is InChI=1S/C15H17NO7/c1-21-14(17)13(15(18)22-2)11(8-16(19)20)9-3-4-12-10(7-9)5-6-23-12/h3-4,7,11,13H,5-6,8H2,1-2H3. The van der Waals surface area contributed by atoms with Crippen molar-refractivity contribution in [1.82, 2.24) is 0 Å². The molecular formula is C15H17NO7. The van der Waals surface area contributed by atoms with Gasteiger partial charge in [-0.05, 0) is 17.2 Å². The van der Waals surface area contributed by atoms with Gasteiger partial charge in [0.05, 0.1) is 26.7 Å². The molecule has 0 N–H and O–H groups in total. The molecule has 1 aliphatic rings. The Kier molecular flexibility index (Phi) is 5.15. The molecule has 1 unspecified atom stereocenters. The van der Waals surface area contributed by atoms with Crippen molar-refractivity contribution in [3.63, 3.8) is 0 Å². The Morgan fingerprint density at radius 1 is 1.30 bits per heavy atom. The molecule has 0 radical (unpaired) electrons. The minimum Gasteiger partial charge on any atom is -0.493 e. The SMILES string of the molecule is COC(=O)C(C(=O)OC)C(C[N+](=O)[O-])c1ccc2c(c1)CCO2. The molecule has 0 fully saturated rings. The highest BCUT2D eigenvalue weighted by Crippen LogP contribution is 2.33. The summed E-state index contributed by atoms with van der Waals surface area (Å²) >= 11 is 0. The molecule has 0 saturated carbocycles. The largest absolute Gasteiger partial charge is 0.493 e. The Hall–Kier alpha value is -2.64. The number of nitrogens with zero attached hydrogens (tertiary/aromatic N) is 1. The minimum absolute atomic E-state index is 0.506. The summed E-state index contributed by atoms with van der Waals surface area (Å²) < 4.78 is 14.6. The van der Waals surface area contributed by atoms with Crippen molar-refractivity contribution in [2.75, 3.05) is 27.4 Å². The average molecular weight is 323 g/mol. The number of fused-ring (bicyclic) bond motifs is 1. The first-order valence-electron chi connectivity index (χ1n) is 7.01. The Bertz CT molecular complexity index is 612. The molecule has 8 nitrogen and oxygen atoms in total. The molecule has 1 aliphatic heterocycles. The number of nitro groups is 1. The van der Waals surface area contributed by atoms with E-state index in [4.69, 9.17) is 4.74 Å². The van der Waals surface area contributed by atoms with Crippen LogP contribution in [0.5, 0.6) is 5.75 Å². The molecule has 1 aromatic carbocycles. The normalized spacial score (nSPS) is 13.9. The van der Waals surface area contributed by atoms with Crippen LogP contribution in [0.25, 0.3) is 0 Å². The van der Waals surface area contributed by atoms with Crippen LogP contribution >= 0.6 is 0 Å². The summed E-state index contributed by atoms with van der Waals surface area (Å²) in [6.45, 7) is -0.0510. The predicted molar refractivity (Wildman–Crippen MR) is 77.8 cm³/mol. The van der Waals surface area contributed by atoms with E-state index in [0.29, 0.717) is 24.3 Å². The molecular weight excluding hydrogens is 306 g/mol. The maximum atomic E-state index is 12.0. The van der Waals surface area contributed by atoms with Crippen molar-refractivity contribution in [2.24, 2.45) is 5.92 Å². The smallest absolute Gasteiger partial charge is 0.320 e. The zero-order valence-corrected chi connectivity index (χ0v) is 12.8. The molecule has 1 atom stereocenters. The number of rotatable bonds is 6. The number of carbonyl (C=O) groups excluding carboxylic acids is 2. The van der Waals surface area contributed by atoms with Crippen molar-refractivity contribution >= 4 is 11.9 Å². The third kappa shape index (κ3) is 3.58. The fraction of sp³-hybridized carbons (Fsp3) is 0.467. The zero-order chi connectivity index (χ0) is 17.0. The van der Waals surface area contributed by atoms with Crippen LogP contribution in [0.3, 0.4) is 0 Å². The van der Waals surface area contributed by atoms with Gasteiger partial charge in [-0.1, -0.05) is 12.1 Å². The summed E-state index contributed by atoms with van der Waals surface area (Å²) in [5, 5.41) is 11.0. The van der Waals surface area contributed by atoms with Crippen molar-refractivity contribution in [3.8, 4) is 5.75 Å². The highest BCUT2D eigenvalue weighted by molar-refractivity contribution is 5.96. The number of benzene rings is 1. The second kappa shape index (κ2) is 7.08. The van der Waals surface area contributed by atoms with Gasteiger partial charge in [-0.15, -0.1) is 0 Å². The van der Waals surface area contributed by atoms with Gasteiger partial charge >= 0.3 is 11.9 Å². The van der Waals surface area contributed by atoms with Gasteiger partial charge < -0.3 is 14.2 Å². The Labute approximate surface area is 132 Å². The quantitative estimate of drug-likeness (QED) is 0.332. The predicted octanol–water partition coefficient (Wildman–Crippen LogP) is 0.944. The van der Waals surface area contributed by atoms with Gasteiger partial charge in [-0.25, -0.2) is 0 Å². The average Bonchev–Trinajstić information content (AvgIpc) is 3.00. The zero-order valence-electron chi connectivity index (χ0n) is 12.8. The van der Waals surface area contributed by atoms with Crippen LogP contribution in [0.2, 0.25) is 0 Å². The van der Waals surface area contributed by atoms with Crippen LogP contribution in [0.1, 0.15) is 17.0 Å². The second-order valence-corrected chi connectivity index (χ2v) is 5.11. The Balaban J connectivity index is 2.43. The number of methoxy groups -OCH3 is 2. The molecule has 2 rings (SSSR count). The highest BCUT2D eigenvalue weighted by atomic mass is 16.6. The van der Waals surface area contributed by atoms with Gasteiger partial charge in [-0.2, -0.15) is 0 Å². The number of hydrogen-bond acceptors (Lipinski definition) is 7. The van der Waals surface area contributed by atoms with Crippen LogP contribution < -0.4 is 4.74 Å². The molecule has 8 heteroatoms. The monoisotopic (exact) mass is 323 g/mol. The van der Waals surface area contributed by atoms with Crippen molar-refractivity contribution in [3.05, 3.63) is 39.4 Å². The third-order valence-corrected chi connectivity index (χ3v) is 3.80. The summed E-state index contributed by atoms with van der Waals surface area (Å²) in [6.07, 6.45) is 0.676. The van der Waals surface area contributed by atoms with Gasteiger partial charge in [0.15, 0.2) is 5.92 Å². The highest BCUT2D eigenvalue weighted by Gasteiger charge is 2.41. The first-order chi connectivity index (χ1) is 11.0. The molecule has 0 spiro atoms. The van der Waals surface area contributed by atoms with E-state index in [1.165, 1.54) is 0 Å². The molecule has 1 aromatic rings. The van der Waals surface area contributed by atoms with E-state index in [1.807, 2.05) is 0 Å². The van der Waals surface area contributed by atoms with Crippen LogP contribution in [0.4, 0.5) is 0 Å². The van der Waals surface area contributed by atoms with E-state index >= 15 is 0 Å². The van der Waals surface area contributed by atoms with E-state index < -0.39 is 35.2 Å². The summed E-state index contributed by atoms with van der Waals surface area (Å²) in [7, 11) is 2.25. The minimum atomic E-state index is -1.39. The van der Waals surface area contributed by atoms with E-state index in [9.17, 15) is 19.7 Å². The molecule has 0 aliphatic carbocycles. The fourth-order valence-electron chi connectivity index (χ4n) is 2.68. The molecule has 0 aromatic heterocycles. The first kappa shape index (κ1) is 16.7. The number of carbonyl (C=O) groups is 2. The van der Waals surface area contributed by atoms with Crippen molar-refractivity contribution < 1.29 is 28.7 Å². The molecule has 0 saturated heterocycles.